The van der Waals surface area contributed by atoms with E-state index in [0.717, 1.165) is 0 Å². The smallest absolute Gasteiger partial charge is 0.254 e. The summed E-state index contributed by atoms with van der Waals surface area (Å²) in [6, 6.07) is 11.4. The van der Waals surface area contributed by atoms with Gasteiger partial charge in [0.05, 0.1) is 0 Å². The molecular formula is C16H14FNO3. The normalized spacial score (nSPS) is 12.3. The molecule has 0 radical (unpaired) electrons. The number of hydrogen-bond acceptors (Lipinski definition) is 3. The zero-order valence-electron chi connectivity index (χ0n) is 11.5. The first-order valence-corrected chi connectivity index (χ1v) is 6.53. The molecule has 1 heterocycles. The molecule has 21 heavy (non-hydrogen) atoms. The number of halogens is 1. The highest BCUT2D eigenvalue weighted by molar-refractivity contribution is 5.94. The maximum atomic E-state index is 13.6. The third kappa shape index (κ3) is 2.67. The van der Waals surface area contributed by atoms with Crippen LogP contribution in [0.2, 0.25) is 0 Å². The summed E-state index contributed by atoms with van der Waals surface area (Å²) in [6.45, 7) is 0.373. The van der Waals surface area contributed by atoms with Crippen LogP contribution in [0.15, 0.2) is 42.5 Å². The first-order valence-electron chi connectivity index (χ1n) is 6.53. The fourth-order valence-electron chi connectivity index (χ4n) is 2.20. The number of nitrogens with zero attached hydrogens (tertiary/aromatic N) is 1. The number of ether oxygens (including phenoxy) is 2. The highest BCUT2D eigenvalue weighted by Crippen LogP contribution is 2.32. The lowest BCUT2D eigenvalue weighted by Crippen LogP contribution is -2.26. The third-order valence-electron chi connectivity index (χ3n) is 3.33. The second-order valence-corrected chi connectivity index (χ2v) is 4.82. The van der Waals surface area contributed by atoms with E-state index >= 15 is 0 Å². The van der Waals surface area contributed by atoms with Gasteiger partial charge in [-0.05, 0) is 24.3 Å². The van der Waals surface area contributed by atoms with E-state index in [4.69, 9.17) is 9.47 Å². The lowest BCUT2D eigenvalue weighted by atomic mass is 10.1. The molecule has 0 atom stereocenters. The minimum Gasteiger partial charge on any atom is -0.454 e. The first-order chi connectivity index (χ1) is 10.1. The molecule has 108 valence electrons. The molecule has 5 heteroatoms. The van der Waals surface area contributed by atoms with Gasteiger partial charge in [0, 0.05) is 24.7 Å². The van der Waals surface area contributed by atoms with Gasteiger partial charge in [-0.3, -0.25) is 4.79 Å². The molecule has 0 spiro atoms. The fraction of sp³-hybridized carbons (Fsp3) is 0.188. The zero-order chi connectivity index (χ0) is 14.8. The molecule has 0 bridgehead atoms. The zero-order valence-corrected chi connectivity index (χ0v) is 11.5. The van der Waals surface area contributed by atoms with Gasteiger partial charge in [-0.15, -0.1) is 0 Å². The van der Waals surface area contributed by atoms with E-state index in [2.05, 4.69) is 0 Å². The van der Waals surface area contributed by atoms with Gasteiger partial charge in [0.2, 0.25) is 6.79 Å². The molecular weight excluding hydrogens is 273 g/mol. The first kappa shape index (κ1) is 13.4. The predicted octanol–water partition coefficient (Wildman–Crippen LogP) is 2.83. The lowest BCUT2D eigenvalue weighted by Gasteiger charge is -2.18. The Hall–Kier alpha value is -2.56. The Morgan fingerprint density at radius 1 is 1.19 bits per heavy atom. The Labute approximate surface area is 121 Å². The number of benzene rings is 2. The monoisotopic (exact) mass is 287 g/mol. The molecule has 0 unspecified atom stereocenters. The summed E-state index contributed by atoms with van der Waals surface area (Å²) in [5.74, 6) is 0.669. The van der Waals surface area contributed by atoms with Crippen molar-refractivity contribution in [2.75, 3.05) is 13.8 Å². The molecule has 0 N–H and O–H groups in total. The highest BCUT2D eigenvalue weighted by atomic mass is 19.1. The van der Waals surface area contributed by atoms with E-state index in [1.54, 1.807) is 43.4 Å². The average molecular weight is 287 g/mol. The topological polar surface area (TPSA) is 38.8 Å². The number of carbonyl (C=O) groups excluding carboxylic acids is 1. The van der Waals surface area contributed by atoms with Gasteiger partial charge >= 0.3 is 0 Å². The molecule has 1 aliphatic heterocycles. The summed E-state index contributed by atoms with van der Waals surface area (Å²) in [5, 5.41) is 0. The Kier molecular flexibility index (Phi) is 3.48. The van der Waals surface area contributed by atoms with Crippen LogP contribution in [-0.4, -0.2) is 24.6 Å². The van der Waals surface area contributed by atoms with Crippen molar-refractivity contribution in [3.63, 3.8) is 0 Å². The number of carbonyl (C=O) groups is 1. The molecule has 1 amide bonds. The van der Waals surface area contributed by atoms with E-state index in [1.807, 2.05) is 0 Å². The molecule has 2 aromatic carbocycles. The van der Waals surface area contributed by atoms with E-state index in [1.165, 1.54) is 11.0 Å². The molecule has 1 aliphatic rings. The van der Waals surface area contributed by atoms with Crippen molar-refractivity contribution in [1.82, 2.24) is 4.90 Å². The van der Waals surface area contributed by atoms with Crippen molar-refractivity contribution in [3.8, 4) is 11.5 Å². The SMILES string of the molecule is CN(Cc1ccccc1F)C(=O)c1ccc2c(c1)OCO2. The molecule has 0 fully saturated rings. The van der Waals surface area contributed by atoms with Gasteiger partial charge in [0.1, 0.15) is 5.82 Å². The molecule has 0 saturated heterocycles. The summed E-state index contributed by atoms with van der Waals surface area (Å²) in [7, 11) is 1.64. The minimum absolute atomic E-state index is 0.165. The fourth-order valence-corrected chi connectivity index (χ4v) is 2.20. The van der Waals surface area contributed by atoms with E-state index in [9.17, 15) is 9.18 Å². The van der Waals surface area contributed by atoms with Crippen LogP contribution in [0.5, 0.6) is 11.5 Å². The van der Waals surface area contributed by atoms with Crippen LogP contribution in [0.1, 0.15) is 15.9 Å². The van der Waals surface area contributed by atoms with Gasteiger partial charge in [-0.1, -0.05) is 18.2 Å². The quantitative estimate of drug-likeness (QED) is 0.871. The van der Waals surface area contributed by atoms with Crippen molar-refractivity contribution in [2.24, 2.45) is 0 Å². The van der Waals surface area contributed by atoms with Crippen molar-refractivity contribution in [3.05, 3.63) is 59.4 Å². The average Bonchev–Trinajstić information content (AvgIpc) is 2.96. The Morgan fingerprint density at radius 2 is 1.95 bits per heavy atom. The number of rotatable bonds is 3. The summed E-state index contributed by atoms with van der Waals surface area (Å²) in [5.41, 5.74) is 0.965. The van der Waals surface area contributed by atoms with Gasteiger partial charge < -0.3 is 14.4 Å². The van der Waals surface area contributed by atoms with Crippen molar-refractivity contribution < 1.29 is 18.7 Å². The summed E-state index contributed by atoms with van der Waals surface area (Å²) < 4.78 is 24.1. The molecule has 0 aromatic heterocycles. The molecule has 2 aromatic rings. The van der Waals surface area contributed by atoms with Crippen molar-refractivity contribution in [2.45, 2.75) is 6.54 Å². The minimum atomic E-state index is -0.317. The van der Waals surface area contributed by atoms with Gasteiger partial charge in [0.25, 0.3) is 5.91 Å². The Morgan fingerprint density at radius 3 is 2.76 bits per heavy atom. The van der Waals surface area contributed by atoms with Gasteiger partial charge in [-0.2, -0.15) is 0 Å². The van der Waals surface area contributed by atoms with Crippen LogP contribution in [-0.2, 0) is 6.54 Å². The standard InChI is InChI=1S/C16H14FNO3/c1-18(9-12-4-2-3-5-13(12)17)16(19)11-6-7-14-15(8-11)21-10-20-14/h2-8H,9-10H2,1H3. The van der Waals surface area contributed by atoms with Gasteiger partial charge in [0.15, 0.2) is 11.5 Å². The van der Waals surface area contributed by atoms with Crippen LogP contribution in [0.25, 0.3) is 0 Å². The lowest BCUT2D eigenvalue weighted by molar-refractivity contribution is 0.0783. The van der Waals surface area contributed by atoms with Crippen LogP contribution in [0, 0.1) is 5.82 Å². The second kappa shape index (κ2) is 5.44. The Balaban J connectivity index is 1.77. The number of fused-ring (bicyclic) bond motifs is 1. The molecule has 3 rings (SSSR count). The second-order valence-electron chi connectivity index (χ2n) is 4.82. The predicted molar refractivity (Wildman–Crippen MR) is 74.8 cm³/mol. The molecule has 0 saturated carbocycles. The highest BCUT2D eigenvalue weighted by Gasteiger charge is 2.19. The third-order valence-corrected chi connectivity index (χ3v) is 3.33. The Bertz CT molecular complexity index is 687. The maximum absolute atomic E-state index is 13.6. The number of amides is 1. The summed E-state index contributed by atoms with van der Waals surface area (Å²) in [6.07, 6.45) is 0. The van der Waals surface area contributed by atoms with Gasteiger partial charge in [-0.25, -0.2) is 4.39 Å². The van der Waals surface area contributed by atoms with Crippen LogP contribution < -0.4 is 9.47 Å². The van der Waals surface area contributed by atoms with Crippen molar-refractivity contribution >= 4 is 5.91 Å². The summed E-state index contributed by atoms with van der Waals surface area (Å²) >= 11 is 0. The molecule has 0 aliphatic carbocycles. The molecule has 4 nitrogen and oxygen atoms in total. The van der Waals surface area contributed by atoms with Crippen LogP contribution in [0.3, 0.4) is 0 Å². The van der Waals surface area contributed by atoms with E-state index in [0.29, 0.717) is 22.6 Å². The number of hydrogen-bond donors (Lipinski definition) is 0. The van der Waals surface area contributed by atoms with Crippen molar-refractivity contribution in [1.29, 1.82) is 0 Å². The maximum Gasteiger partial charge on any atom is 0.254 e. The van der Waals surface area contributed by atoms with E-state index in [-0.39, 0.29) is 25.1 Å². The van der Waals surface area contributed by atoms with Crippen LogP contribution >= 0.6 is 0 Å². The summed E-state index contributed by atoms with van der Waals surface area (Å²) in [4.78, 5) is 13.8. The van der Waals surface area contributed by atoms with E-state index < -0.39 is 0 Å². The van der Waals surface area contributed by atoms with Crippen LogP contribution in [0.4, 0.5) is 4.39 Å². The largest absolute Gasteiger partial charge is 0.454 e.